The topological polar surface area (TPSA) is 84.2 Å². The predicted octanol–water partition coefficient (Wildman–Crippen LogP) is 3.45. The van der Waals surface area contributed by atoms with Crippen LogP contribution in [-0.4, -0.2) is 23.9 Å². The van der Waals surface area contributed by atoms with Crippen molar-refractivity contribution in [2.45, 2.75) is 64.8 Å². The van der Waals surface area contributed by atoms with E-state index in [0.29, 0.717) is 24.2 Å². The number of carbonyl (C=O) groups is 2. The van der Waals surface area contributed by atoms with Gasteiger partial charge in [0.1, 0.15) is 0 Å². The lowest BCUT2D eigenvalue weighted by molar-refractivity contribution is -0.116. The van der Waals surface area contributed by atoms with Gasteiger partial charge in [0.2, 0.25) is 5.91 Å². The van der Waals surface area contributed by atoms with Crippen molar-refractivity contribution in [1.82, 2.24) is 5.32 Å². The van der Waals surface area contributed by atoms with Crippen molar-refractivity contribution in [3.63, 3.8) is 0 Å². The molecule has 0 fully saturated rings. The second-order valence-electron chi connectivity index (χ2n) is 6.77. The van der Waals surface area contributed by atoms with Crippen LogP contribution in [-0.2, 0) is 4.79 Å². The molecule has 0 unspecified atom stereocenters. The molecular weight excluding hydrogens is 302 g/mol. The number of rotatable bonds is 10. The highest BCUT2D eigenvalue weighted by molar-refractivity contribution is 5.96. The summed E-state index contributed by atoms with van der Waals surface area (Å²) in [5.74, 6) is -0.0910. The van der Waals surface area contributed by atoms with Crippen LogP contribution in [0.2, 0.25) is 0 Å². The van der Waals surface area contributed by atoms with Crippen LogP contribution in [0.3, 0.4) is 0 Å². The molecule has 0 aliphatic carbocycles. The van der Waals surface area contributed by atoms with Crippen molar-refractivity contribution in [2.24, 2.45) is 5.73 Å². The number of carbonyl (C=O) groups excluding carboxylic acids is 2. The fraction of sp³-hybridized carbons (Fsp3) is 0.579. The predicted molar refractivity (Wildman–Crippen MR) is 99.0 cm³/mol. The van der Waals surface area contributed by atoms with E-state index in [4.69, 9.17) is 5.73 Å². The SMILES string of the molecule is CCC(C)(C)NC(=O)c1ccc(NC(=O)CCCCCCN)cc1. The molecule has 0 heterocycles. The molecule has 0 aliphatic rings. The minimum absolute atomic E-state index is 0.00654. The van der Waals surface area contributed by atoms with Gasteiger partial charge in [0.25, 0.3) is 5.91 Å². The van der Waals surface area contributed by atoms with Crippen molar-refractivity contribution < 1.29 is 9.59 Å². The third kappa shape index (κ3) is 7.59. The Bertz CT molecular complexity index is 524. The maximum atomic E-state index is 12.2. The molecule has 24 heavy (non-hydrogen) atoms. The number of anilines is 1. The van der Waals surface area contributed by atoms with E-state index in [2.05, 4.69) is 10.6 Å². The lowest BCUT2D eigenvalue weighted by atomic mass is 10.0. The Morgan fingerprint density at radius 1 is 1.04 bits per heavy atom. The van der Waals surface area contributed by atoms with E-state index in [1.54, 1.807) is 24.3 Å². The first-order valence-corrected chi connectivity index (χ1v) is 8.80. The van der Waals surface area contributed by atoms with Crippen LogP contribution in [0.25, 0.3) is 0 Å². The lowest BCUT2D eigenvalue weighted by Crippen LogP contribution is -2.42. The molecule has 0 radical (unpaired) electrons. The molecule has 1 aromatic carbocycles. The molecule has 0 aromatic heterocycles. The number of unbranched alkanes of at least 4 members (excludes halogenated alkanes) is 3. The minimum Gasteiger partial charge on any atom is -0.347 e. The van der Waals surface area contributed by atoms with Crippen molar-refractivity contribution in [2.75, 3.05) is 11.9 Å². The molecule has 1 aromatic rings. The maximum Gasteiger partial charge on any atom is 0.251 e. The van der Waals surface area contributed by atoms with Crippen molar-refractivity contribution in [3.05, 3.63) is 29.8 Å². The summed E-state index contributed by atoms with van der Waals surface area (Å²) in [7, 11) is 0. The van der Waals surface area contributed by atoms with E-state index in [9.17, 15) is 9.59 Å². The van der Waals surface area contributed by atoms with E-state index in [0.717, 1.165) is 32.1 Å². The number of hydrogen-bond donors (Lipinski definition) is 3. The molecule has 0 spiro atoms. The molecule has 5 nitrogen and oxygen atoms in total. The summed E-state index contributed by atoms with van der Waals surface area (Å²) in [4.78, 5) is 24.0. The van der Waals surface area contributed by atoms with Gasteiger partial charge in [-0.1, -0.05) is 19.8 Å². The Hall–Kier alpha value is -1.88. The highest BCUT2D eigenvalue weighted by Crippen LogP contribution is 2.13. The molecule has 0 saturated carbocycles. The fourth-order valence-corrected chi connectivity index (χ4v) is 2.18. The van der Waals surface area contributed by atoms with Gasteiger partial charge in [-0.15, -0.1) is 0 Å². The molecule has 134 valence electrons. The van der Waals surface area contributed by atoms with Gasteiger partial charge in [-0.05, 0) is 63.9 Å². The van der Waals surface area contributed by atoms with Crippen molar-refractivity contribution >= 4 is 17.5 Å². The summed E-state index contributed by atoms with van der Waals surface area (Å²) < 4.78 is 0. The first-order chi connectivity index (χ1) is 11.4. The maximum absolute atomic E-state index is 12.2. The largest absolute Gasteiger partial charge is 0.347 e. The Morgan fingerprint density at radius 3 is 2.25 bits per heavy atom. The Morgan fingerprint density at radius 2 is 1.67 bits per heavy atom. The Balaban J connectivity index is 2.44. The summed E-state index contributed by atoms with van der Waals surface area (Å²) in [6.07, 6.45) is 5.35. The second-order valence-corrected chi connectivity index (χ2v) is 6.77. The van der Waals surface area contributed by atoms with E-state index in [-0.39, 0.29) is 17.4 Å². The summed E-state index contributed by atoms with van der Waals surface area (Å²) in [6.45, 7) is 6.73. The minimum atomic E-state index is -0.228. The lowest BCUT2D eigenvalue weighted by Gasteiger charge is -2.24. The Labute approximate surface area is 145 Å². The highest BCUT2D eigenvalue weighted by atomic mass is 16.2. The Kier molecular flexibility index (Phi) is 8.47. The zero-order valence-corrected chi connectivity index (χ0v) is 15.2. The van der Waals surface area contributed by atoms with Gasteiger partial charge < -0.3 is 16.4 Å². The molecule has 0 bridgehead atoms. The van der Waals surface area contributed by atoms with Crippen LogP contribution < -0.4 is 16.4 Å². The summed E-state index contributed by atoms with van der Waals surface area (Å²) in [5, 5.41) is 5.85. The second kappa shape index (κ2) is 10.1. The number of benzene rings is 1. The van der Waals surface area contributed by atoms with Crippen LogP contribution in [0, 0.1) is 0 Å². The molecule has 0 aliphatic heterocycles. The number of hydrogen-bond acceptors (Lipinski definition) is 3. The molecule has 2 amide bonds. The standard InChI is InChI=1S/C19H31N3O2/c1-4-19(2,3)22-18(24)15-10-12-16(13-11-15)21-17(23)9-7-5-6-8-14-20/h10-13H,4-9,14,20H2,1-3H3,(H,21,23)(H,22,24). The number of amides is 2. The van der Waals surface area contributed by atoms with Crippen LogP contribution in [0.1, 0.15) is 69.7 Å². The molecule has 4 N–H and O–H groups in total. The van der Waals surface area contributed by atoms with Crippen LogP contribution in [0.5, 0.6) is 0 Å². The monoisotopic (exact) mass is 333 g/mol. The summed E-state index contributed by atoms with van der Waals surface area (Å²) in [5.41, 5.74) is 6.52. The molecular formula is C19H31N3O2. The first-order valence-electron chi connectivity index (χ1n) is 8.80. The van der Waals surface area contributed by atoms with Gasteiger partial charge >= 0.3 is 0 Å². The zero-order chi connectivity index (χ0) is 18.0. The quantitative estimate of drug-likeness (QED) is 0.573. The van der Waals surface area contributed by atoms with E-state index >= 15 is 0 Å². The van der Waals surface area contributed by atoms with Gasteiger partial charge in [0, 0.05) is 23.2 Å². The van der Waals surface area contributed by atoms with E-state index in [1.165, 1.54) is 0 Å². The summed E-state index contributed by atoms with van der Waals surface area (Å²) >= 11 is 0. The van der Waals surface area contributed by atoms with E-state index < -0.39 is 0 Å². The first kappa shape index (κ1) is 20.2. The number of nitrogens with one attached hydrogen (secondary N) is 2. The van der Waals surface area contributed by atoms with Crippen molar-refractivity contribution in [3.8, 4) is 0 Å². The third-order valence-corrected chi connectivity index (χ3v) is 4.12. The normalized spacial score (nSPS) is 11.2. The molecule has 0 atom stereocenters. The smallest absolute Gasteiger partial charge is 0.251 e. The van der Waals surface area contributed by atoms with E-state index in [1.807, 2.05) is 20.8 Å². The van der Waals surface area contributed by atoms with Gasteiger partial charge in [0.15, 0.2) is 0 Å². The van der Waals surface area contributed by atoms with Crippen LogP contribution >= 0.6 is 0 Å². The fourth-order valence-electron chi connectivity index (χ4n) is 2.18. The molecule has 0 saturated heterocycles. The van der Waals surface area contributed by atoms with Crippen LogP contribution in [0.15, 0.2) is 24.3 Å². The number of nitrogens with two attached hydrogens (primary N) is 1. The van der Waals surface area contributed by atoms with Gasteiger partial charge in [-0.2, -0.15) is 0 Å². The van der Waals surface area contributed by atoms with Gasteiger partial charge in [-0.25, -0.2) is 0 Å². The van der Waals surface area contributed by atoms with Crippen molar-refractivity contribution in [1.29, 1.82) is 0 Å². The highest BCUT2D eigenvalue weighted by Gasteiger charge is 2.18. The molecule has 5 heteroatoms. The average molecular weight is 333 g/mol. The molecule has 1 rings (SSSR count). The zero-order valence-electron chi connectivity index (χ0n) is 15.2. The summed E-state index contributed by atoms with van der Waals surface area (Å²) in [6, 6.07) is 7.00. The third-order valence-electron chi connectivity index (χ3n) is 4.12. The van der Waals surface area contributed by atoms with Gasteiger partial charge in [-0.3, -0.25) is 9.59 Å². The van der Waals surface area contributed by atoms with Crippen LogP contribution in [0.4, 0.5) is 5.69 Å². The average Bonchev–Trinajstić information content (AvgIpc) is 2.55. The van der Waals surface area contributed by atoms with Gasteiger partial charge in [0.05, 0.1) is 0 Å².